The van der Waals surface area contributed by atoms with Crippen molar-refractivity contribution in [3.63, 3.8) is 0 Å². The predicted octanol–water partition coefficient (Wildman–Crippen LogP) is -2.04. The van der Waals surface area contributed by atoms with E-state index < -0.39 is 30.2 Å². The number of carbonyl (C=O) groups is 2. The molecule has 3 saturated heterocycles. The number of nitrogens with two attached hydrogens (primary N) is 2. The Morgan fingerprint density at radius 3 is 2.97 bits per heavy atom. The number of aromatic nitrogens is 2. The molecule has 11 heteroatoms. The van der Waals surface area contributed by atoms with Gasteiger partial charge in [-0.3, -0.25) is 9.36 Å². The van der Waals surface area contributed by atoms with Gasteiger partial charge < -0.3 is 30.2 Å². The zero-order valence-electron chi connectivity index (χ0n) is 16.1. The lowest BCUT2D eigenvalue weighted by Gasteiger charge is -2.25. The third kappa shape index (κ3) is 4.26. The van der Waals surface area contributed by atoms with E-state index in [9.17, 15) is 14.4 Å². The van der Waals surface area contributed by atoms with Crippen molar-refractivity contribution in [2.75, 3.05) is 32.0 Å². The highest BCUT2D eigenvalue weighted by molar-refractivity contribution is 5.87. The Morgan fingerprint density at radius 2 is 2.21 bits per heavy atom. The van der Waals surface area contributed by atoms with E-state index in [1.165, 1.54) is 16.8 Å². The number of hydrogen-bond donors (Lipinski definition) is 2. The van der Waals surface area contributed by atoms with Crippen LogP contribution in [-0.4, -0.2) is 71.0 Å². The first-order valence-corrected chi connectivity index (χ1v) is 9.95. The molecule has 11 nitrogen and oxygen atoms in total. The quantitative estimate of drug-likeness (QED) is 0.531. The molecule has 0 spiro atoms. The summed E-state index contributed by atoms with van der Waals surface area (Å²) in [5, 5.41) is 2.04. The van der Waals surface area contributed by atoms with Crippen LogP contribution in [0.2, 0.25) is 0 Å². The molecule has 0 saturated carbocycles. The number of quaternary nitrogens is 1. The van der Waals surface area contributed by atoms with E-state index in [1.54, 1.807) is 4.90 Å². The molecule has 4 heterocycles. The minimum Gasteiger partial charge on any atom is -0.459 e. The van der Waals surface area contributed by atoms with Crippen LogP contribution in [0.15, 0.2) is 17.1 Å². The van der Waals surface area contributed by atoms with Crippen LogP contribution < -0.4 is 16.7 Å². The number of anilines is 1. The lowest BCUT2D eigenvalue weighted by molar-refractivity contribution is -0.658. The molecule has 0 aromatic carbocycles. The molecule has 1 amide bonds. The van der Waals surface area contributed by atoms with E-state index in [1.807, 2.05) is 5.32 Å². The summed E-state index contributed by atoms with van der Waals surface area (Å²) < 4.78 is 17.7. The summed E-state index contributed by atoms with van der Waals surface area (Å²) >= 11 is 0. The van der Waals surface area contributed by atoms with E-state index >= 15 is 0 Å². The molecule has 29 heavy (non-hydrogen) atoms. The number of nitrogens with zero attached hydrogens (tertiary/aromatic N) is 3. The topological polar surface area (TPSA) is 143 Å². The Balaban J connectivity index is 1.29. The van der Waals surface area contributed by atoms with Crippen molar-refractivity contribution in [1.82, 2.24) is 14.5 Å². The Labute approximate surface area is 167 Å². The molecule has 0 bridgehead atoms. The van der Waals surface area contributed by atoms with Crippen LogP contribution in [-0.2, 0) is 23.8 Å². The van der Waals surface area contributed by atoms with Crippen molar-refractivity contribution >= 4 is 17.7 Å². The average Bonchev–Trinajstić information content (AvgIpc) is 3.47. The van der Waals surface area contributed by atoms with Gasteiger partial charge in [-0.15, -0.1) is 0 Å². The first-order valence-electron chi connectivity index (χ1n) is 9.95. The first kappa shape index (κ1) is 19.8. The first-order chi connectivity index (χ1) is 14.0. The number of rotatable bonds is 5. The number of ether oxygens (including phenoxy) is 3. The Kier molecular flexibility index (Phi) is 5.79. The number of hydrogen-bond acceptors (Lipinski definition) is 8. The summed E-state index contributed by atoms with van der Waals surface area (Å²) in [5.41, 5.74) is 4.94. The third-order valence-electron chi connectivity index (χ3n) is 5.55. The van der Waals surface area contributed by atoms with Crippen molar-refractivity contribution < 1.29 is 29.1 Å². The standard InChI is InChI=1S/C18H25N5O6/c19-13-5-8-23(18(26)21-13)14-9-27-15(29-14)10-28-17(25)12-4-2-7-22(12)16(24)11-3-1-6-20-11/h5,8,11-12,14-15,20H,1-4,6-7,9-10H2,(H2,19,21,26)/p+1/t11?,12?,14-,15-/m0/s1. The van der Waals surface area contributed by atoms with Gasteiger partial charge in [-0.1, -0.05) is 0 Å². The zero-order valence-corrected chi connectivity index (χ0v) is 16.1. The molecule has 0 radical (unpaired) electrons. The molecule has 3 aliphatic rings. The van der Waals surface area contributed by atoms with Crippen LogP contribution in [0.3, 0.4) is 0 Å². The molecule has 3 fully saturated rings. The van der Waals surface area contributed by atoms with Gasteiger partial charge in [0, 0.05) is 25.6 Å². The normalized spacial score (nSPS) is 29.3. The summed E-state index contributed by atoms with van der Waals surface area (Å²) in [6.45, 7) is 1.54. The fourth-order valence-electron chi connectivity index (χ4n) is 4.06. The van der Waals surface area contributed by atoms with Crippen LogP contribution in [0, 0.1) is 0 Å². The number of nitrogen functional groups attached to an aromatic ring is 1. The van der Waals surface area contributed by atoms with Crippen LogP contribution in [0.1, 0.15) is 31.9 Å². The van der Waals surface area contributed by atoms with Gasteiger partial charge in [-0.2, -0.15) is 4.98 Å². The van der Waals surface area contributed by atoms with Crippen molar-refractivity contribution in [2.24, 2.45) is 0 Å². The van der Waals surface area contributed by atoms with Gasteiger partial charge in [0.1, 0.15) is 18.5 Å². The molecule has 3 aliphatic heterocycles. The van der Waals surface area contributed by atoms with Crippen LogP contribution in [0.4, 0.5) is 5.82 Å². The SMILES string of the molecule is Nc1ccn([C@@H]2CO[C@H](COC(=O)C3CCCN3C(=O)C3CCC[NH2+]3)O2)c(=O)n1. The van der Waals surface area contributed by atoms with Crippen LogP contribution in [0.5, 0.6) is 0 Å². The summed E-state index contributed by atoms with van der Waals surface area (Å²) in [5.74, 6) is -0.303. The van der Waals surface area contributed by atoms with Gasteiger partial charge in [0.05, 0.1) is 13.2 Å². The molecule has 0 aliphatic carbocycles. The highest BCUT2D eigenvalue weighted by Gasteiger charge is 2.41. The largest absolute Gasteiger partial charge is 0.459 e. The van der Waals surface area contributed by atoms with Gasteiger partial charge in [-0.05, 0) is 18.9 Å². The summed E-state index contributed by atoms with van der Waals surface area (Å²) in [4.78, 5) is 42.4. The number of esters is 1. The van der Waals surface area contributed by atoms with E-state index in [0.717, 1.165) is 25.8 Å². The summed E-state index contributed by atoms with van der Waals surface area (Å²) in [6, 6.07) is 0.848. The van der Waals surface area contributed by atoms with Gasteiger partial charge >= 0.3 is 11.7 Å². The maximum Gasteiger partial charge on any atom is 0.351 e. The second kappa shape index (κ2) is 8.47. The van der Waals surface area contributed by atoms with Crippen molar-refractivity contribution in [3.8, 4) is 0 Å². The summed E-state index contributed by atoms with van der Waals surface area (Å²) in [7, 11) is 0. The second-order valence-corrected chi connectivity index (χ2v) is 7.49. The lowest BCUT2D eigenvalue weighted by atomic mass is 10.1. The monoisotopic (exact) mass is 408 g/mol. The minimum absolute atomic E-state index is 0.0191. The third-order valence-corrected chi connectivity index (χ3v) is 5.55. The fraction of sp³-hybridized carbons (Fsp3) is 0.667. The zero-order chi connectivity index (χ0) is 20.4. The van der Waals surface area contributed by atoms with E-state index in [2.05, 4.69) is 4.98 Å². The van der Waals surface area contributed by atoms with E-state index in [0.29, 0.717) is 13.0 Å². The van der Waals surface area contributed by atoms with Crippen molar-refractivity contribution in [2.45, 2.75) is 50.3 Å². The van der Waals surface area contributed by atoms with Crippen LogP contribution >= 0.6 is 0 Å². The van der Waals surface area contributed by atoms with Gasteiger partial charge in [0.25, 0.3) is 5.91 Å². The molecule has 1 aromatic heterocycles. The van der Waals surface area contributed by atoms with Crippen molar-refractivity contribution in [3.05, 3.63) is 22.7 Å². The fourth-order valence-corrected chi connectivity index (χ4v) is 4.06. The maximum atomic E-state index is 12.7. The highest BCUT2D eigenvalue weighted by atomic mass is 16.7. The highest BCUT2D eigenvalue weighted by Crippen LogP contribution is 2.23. The minimum atomic E-state index is -0.790. The lowest BCUT2D eigenvalue weighted by Crippen LogP contribution is -2.89. The number of amides is 1. The molecule has 4 N–H and O–H groups in total. The van der Waals surface area contributed by atoms with E-state index in [-0.39, 0.29) is 31.0 Å². The molecule has 1 aromatic rings. The van der Waals surface area contributed by atoms with Crippen molar-refractivity contribution in [1.29, 1.82) is 0 Å². The second-order valence-electron chi connectivity index (χ2n) is 7.49. The van der Waals surface area contributed by atoms with Gasteiger partial charge in [0.15, 0.2) is 18.6 Å². The predicted molar refractivity (Wildman–Crippen MR) is 98.3 cm³/mol. The molecular formula is C18H26N5O6+. The summed E-state index contributed by atoms with van der Waals surface area (Å²) in [6.07, 6.45) is 3.27. The van der Waals surface area contributed by atoms with Crippen LogP contribution in [0.25, 0.3) is 0 Å². The molecule has 4 atom stereocenters. The maximum absolute atomic E-state index is 12.7. The molecular weight excluding hydrogens is 382 g/mol. The smallest absolute Gasteiger partial charge is 0.351 e. The number of likely N-dealkylation sites (tertiary alicyclic amines) is 1. The Hall–Kier alpha value is -2.50. The number of carbonyl (C=O) groups excluding carboxylic acids is 2. The Morgan fingerprint density at radius 1 is 1.34 bits per heavy atom. The molecule has 2 unspecified atom stereocenters. The van der Waals surface area contributed by atoms with Gasteiger partial charge in [-0.25, -0.2) is 9.59 Å². The van der Waals surface area contributed by atoms with Gasteiger partial charge in [0.2, 0.25) is 0 Å². The van der Waals surface area contributed by atoms with E-state index in [4.69, 9.17) is 19.9 Å². The molecule has 158 valence electrons. The average molecular weight is 408 g/mol. The molecule has 4 rings (SSSR count). The Bertz CT molecular complexity index is 823.